The number of rotatable bonds is 5. The van der Waals surface area contributed by atoms with Gasteiger partial charge in [-0.25, -0.2) is 0 Å². The fourth-order valence-corrected chi connectivity index (χ4v) is 10.1. The van der Waals surface area contributed by atoms with Crippen LogP contribution in [-0.4, -0.2) is 0 Å². The first-order valence-electron chi connectivity index (χ1n) is 20.0. The fourth-order valence-electron chi connectivity index (χ4n) is 10.1. The van der Waals surface area contributed by atoms with Crippen LogP contribution in [0.25, 0.3) is 33.4 Å². The van der Waals surface area contributed by atoms with E-state index in [0.717, 1.165) is 12.8 Å². The van der Waals surface area contributed by atoms with Crippen LogP contribution in [0.1, 0.15) is 106 Å². The van der Waals surface area contributed by atoms with Crippen LogP contribution in [0.5, 0.6) is 0 Å². The van der Waals surface area contributed by atoms with Gasteiger partial charge in [-0.05, 0) is 153 Å². The molecule has 1 nitrogen and oxygen atoms in total. The van der Waals surface area contributed by atoms with Gasteiger partial charge in [-0.1, -0.05) is 133 Å². The Morgan fingerprint density at radius 2 is 1.21 bits per heavy atom. The second-order valence-corrected chi connectivity index (χ2v) is 17.9. The van der Waals surface area contributed by atoms with Gasteiger partial charge >= 0.3 is 0 Å². The van der Waals surface area contributed by atoms with E-state index in [-0.39, 0.29) is 16.2 Å². The van der Waals surface area contributed by atoms with E-state index in [0.29, 0.717) is 0 Å². The van der Waals surface area contributed by atoms with E-state index in [1.165, 1.54) is 115 Å². The molecule has 9 rings (SSSR count). The van der Waals surface area contributed by atoms with Crippen LogP contribution in [0, 0.1) is 6.92 Å². The minimum absolute atomic E-state index is 0.0493. The maximum Gasteiger partial charge on any atom is 0.0543 e. The lowest BCUT2D eigenvalue weighted by Gasteiger charge is -2.44. The van der Waals surface area contributed by atoms with Crippen molar-refractivity contribution in [1.82, 2.24) is 0 Å². The number of benzene rings is 6. The zero-order chi connectivity index (χ0) is 36.7. The van der Waals surface area contributed by atoms with Gasteiger partial charge in [0.2, 0.25) is 0 Å². The third-order valence-corrected chi connectivity index (χ3v) is 13.2. The molecule has 3 aliphatic rings. The van der Waals surface area contributed by atoms with Crippen molar-refractivity contribution in [1.29, 1.82) is 0 Å². The summed E-state index contributed by atoms with van der Waals surface area (Å²) in [6.45, 7) is 17.1. The van der Waals surface area contributed by atoms with Crippen LogP contribution in [0.15, 0.2) is 121 Å². The van der Waals surface area contributed by atoms with Crippen molar-refractivity contribution in [3.63, 3.8) is 0 Å². The van der Waals surface area contributed by atoms with Gasteiger partial charge in [0.25, 0.3) is 0 Å². The molecular formula is C52H53N. The highest BCUT2D eigenvalue weighted by molar-refractivity contribution is 5.97. The maximum absolute atomic E-state index is 2.65. The predicted octanol–water partition coefficient (Wildman–Crippen LogP) is 14.3. The van der Waals surface area contributed by atoms with Gasteiger partial charge in [0.15, 0.2) is 0 Å². The van der Waals surface area contributed by atoms with Gasteiger partial charge in [-0.3, -0.25) is 0 Å². The van der Waals surface area contributed by atoms with E-state index in [1.807, 2.05) is 0 Å². The zero-order valence-corrected chi connectivity index (χ0v) is 32.7. The van der Waals surface area contributed by atoms with E-state index in [4.69, 9.17) is 0 Å². The Kier molecular flexibility index (Phi) is 7.90. The molecule has 0 amide bonds. The van der Waals surface area contributed by atoms with Gasteiger partial charge in [-0.15, -0.1) is 0 Å². The summed E-state index contributed by atoms with van der Waals surface area (Å²) >= 11 is 0. The Labute approximate surface area is 317 Å². The first-order chi connectivity index (χ1) is 25.5. The van der Waals surface area contributed by atoms with E-state index >= 15 is 0 Å². The minimum Gasteiger partial charge on any atom is -0.310 e. The van der Waals surface area contributed by atoms with Crippen molar-refractivity contribution in [2.24, 2.45) is 0 Å². The molecule has 0 aliphatic heterocycles. The molecule has 0 saturated heterocycles. The van der Waals surface area contributed by atoms with Crippen LogP contribution < -0.4 is 4.90 Å². The van der Waals surface area contributed by atoms with Crippen LogP contribution >= 0.6 is 0 Å². The fraction of sp³-hybridized carbons (Fsp3) is 0.308. The molecule has 0 N–H and O–H groups in total. The first-order valence-corrected chi connectivity index (χ1v) is 20.0. The molecule has 0 saturated carbocycles. The van der Waals surface area contributed by atoms with E-state index in [9.17, 15) is 0 Å². The summed E-state index contributed by atoms with van der Waals surface area (Å²) < 4.78 is 0. The number of anilines is 3. The van der Waals surface area contributed by atoms with Crippen molar-refractivity contribution in [3.8, 4) is 33.4 Å². The highest BCUT2D eigenvalue weighted by Crippen LogP contribution is 2.57. The standard InChI is InChI=1S/C52H53N/c1-34-24-29-44-49(51(4,5)31-30-50(44,2)3)48(34)42-32-41-40-21-13-14-22-43(40)52(6,7)45(41)33-47(42)53(46-23-15-19-37-18-11-12-20-39(37)46)38-27-25-36(26-28-38)35-16-9-8-10-17-35/h8-10,13-17,19,21-29,32-33H,11-12,18,20,30-31H2,1-7H3. The monoisotopic (exact) mass is 691 g/mol. The van der Waals surface area contributed by atoms with Crippen molar-refractivity contribution in [2.75, 3.05) is 4.90 Å². The van der Waals surface area contributed by atoms with Gasteiger partial charge in [0, 0.05) is 22.4 Å². The van der Waals surface area contributed by atoms with Crippen LogP contribution in [0.4, 0.5) is 17.1 Å². The van der Waals surface area contributed by atoms with Crippen LogP contribution in [-0.2, 0) is 29.1 Å². The normalized spacial score (nSPS) is 17.3. The summed E-state index contributed by atoms with van der Waals surface area (Å²) in [6, 6.07) is 46.4. The first kappa shape index (κ1) is 33.9. The van der Waals surface area contributed by atoms with E-state index in [2.05, 4.69) is 175 Å². The minimum atomic E-state index is -0.120. The molecular weight excluding hydrogens is 639 g/mol. The van der Waals surface area contributed by atoms with Crippen molar-refractivity contribution in [3.05, 3.63) is 160 Å². The molecule has 6 aromatic rings. The van der Waals surface area contributed by atoms with Crippen molar-refractivity contribution >= 4 is 17.1 Å². The number of fused-ring (bicyclic) bond motifs is 5. The number of hydrogen-bond acceptors (Lipinski definition) is 1. The Bertz CT molecular complexity index is 2370. The smallest absolute Gasteiger partial charge is 0.0543 e. The molecule has 0 atom stereocenters. The predicted molar refractivity (Wildman–Crippen MR) is 226 cm³/mol. The Hall–Kier alpha value is -4.88. The summed E-state index contributed by atoms with van der Waals surface area (Å²) in [4.78, 5) is 2.65. The van der Waals surface area contributed by atoms with Gasteiger partial charge in [0.05, 0.1) is 5.69 Å². The number of hydrogen-bond donors (Lipinski definition) is 0. The highest BCUT2D eigenvalue weighted by Gasteiger charge is 2.42. The van der Waals surface area contributed by atoms with Crippen LogP contribution in [0.2, 0.25) is 0 Å². The van der Waals surface area contributed by atoms with Gasteiger partial charge in [0.1, 0.15) is 0 Å². The molecule has 3 aliphatic carbocycles. The third kappa shape index (κ3) is 5.41. The van der Waals surface area contributed by atoms with Gasteiger partial charge < -0.3 is 4.90 Å². The molecule has 266 valence electrons. The molecule has 0 spiro atoms. The molecule has 1 heteroatoms. The van der Waals surface area contributed by atoms with Crippen molar-refractivity contribution in [2.45, 2.75) is 103 Å². The Balaban J connectivity index is 1.39. The third-order valence-electron chi connectivity index (χ3n) is 13.2. The average Bonchev–Trinajstić information content (AvgIpc) is 3.39. The molecule has 0 bridgehead atoms. The van der Waals surface area contributed by atoms with Gasteiger partial charge in [-0.2, -0.15) is 0 Å². The summed E-state index contributed by atoms with van der Waals surface area (Å²) in [5, 5.41) is 0. The lowest BCUT2D eigenvalue weighted by molar-refractivity contribution is 0.332. The van der Waals surface area contributed by atoms with E-state index < -0.39 is 0 Å². The average molecular weight is 692 g/mol. The molecule has 0 aromatic heterocycles. The quantitative estimate of drug-likeness (QED) is 0.174. The molecule has 0 unspecified atom stereocenters. The second kappa shape index (κ2) is 12.3. The van der Waals surface area contributed by atoms with Crippen molar-refractivity contribution < 1.29 is 0 Å². The second-order valence-electron chi connectivity index (χ2n) is 17.9. The number of nitrogens with zero attached hydrogens (tertiary/aromatic N) is 1. The van der Waals surface area contributed by atoms with Crippen LogP contribution in [0.3, 0.4) is 0 Å². The summed E-state index contributed by atoms with van der Waals surface area (Å²) in [7, 11) is 0. The molecule has 6 aromatic carbocycles. The Morgan fingerprint density at radius 1 is 0.509 bits per heavy atom. The Morgan fingerprint density at radius 3 is 2.00 bits per heavy atom. The van der Waals surface area contributed by atoms with E-state index in [1.54, 1.807) is 0 Å². The molecule has 0 heterocycles. The lowest BCUT2D eigenvalue weighted by Crippen LogP contribution is -2.34. The molecule has 0 radical (unpaired) electrons. The molecule has 0 fully saturated rings. The summed E-state index contributed by atoms with van der Waals surface area (Å²) in [5.41, 5.74) is 22.1. The highest BCUT2D eigenvalue weighted by atomic mass is 15.1. The summed E-state index contributed by atoms with van der Waals surface area (Å²) in [5.74, 6) is 0. The largest absolute Gasteiger partial charge is 0.310 e. The topological polar surface area (TPSA) is 3.24 Å². The lowest BCUT2D eigenvalue weighted by atomic mass is 9.61. The maximum atomic E-state index is 2.65. The zero-order valence-electron chi connectivity index (χ0n) is 32.7. The number of aryl methyl sites for hydroxylation is 2. The molecule has 53 heavy (non-hydrogen) atoms. The summed E-state index contributed by atoms with van der Waals surface area (Å²) in [6.07, 6.45) is 7.14. The SMILES string of the molecule is Cc1ccc2c(c1-c1cc3c(cc1N(c1ccc(-c4ccccc4)cc1)c1cccc4c1CCCC4)C(C)(C)c1ccccc1-3)C(C)(C)CCC2(C)C.